The normalized spacial score (nSPS) is 10.2. The lowest BCUT2D eigenvalue weighted by Crippen LogP contribution is -2.04. The second kappa shape index (κ2) is 6.63. The summed E-state index contributed by atoms with van der Waals surface area (Å²) in [7, 11) is 0. The molecule has 0 bridgehead atoms. The zero-order valence-electron chi connectivity index (χ0n) is 10.9. The van der Waals surface area contributed by atoms with Crippen molar-refractivity contribution in [1.82, 2.24) is 4.98 Å². The summed E-state index contributed by atoms with van der Waals surface area (Å²) in [5.41, 5.74) is 7.16. The van der Waals surface area contributed by atoms with Crippen molar-refractivity contribution in [3.8, 4) is 5.75 Å². The van der Waals surface area contributed by atoms with E-state index in [4.69, 9.17) is 10.5 Å². The fourth-order valence-corrected chi connectivity index (χ4v) is 1.72. The average Bonchev–Trinajstić information content (AvgIpc) is 2.47. The topological polar surface area (TPSA) is 91.3 Å². The minimum Gasteiger partial charge on any atom is -0.487 e. The minimum absolute atomic E-state index is 0.0579. The van der Waals surface area contributed by atoms with Crippen LogP contribution in [-0.4, -0.2) is 16.5 Å². The van der Waals surface area contributed by atoms with E-state index in [1.54, 1.807) is 18.3 Å². The molecule has 0 fully saturated rings. The van der Waals surface area contributed by atoms with Gasteiger partial charge in [0.1, 0.15) is 12.4 Å². The van der Waals surface area contributed by atoms with Crippen molar-refractivity contribution < 1.29 is 9.66 Å². The Kier molecular flexibility index (Phi) is 4.62. The number of nitro benzene ring substituents is 1. The van der Waals surface area contributed by atoms with Crippen LogP contribution in [0.1, 0.15) is 11.3 Å². The fraction of sp³-hybridized carbons (Fsp3) is 0.214. The van der Waals surface area contributed by atoms with Crippen molar-refractivity contribution in [2.75, 3.05) is 6.54 Å². The number of nitro groups is 1. The molecule has 0 spiro atoms. The Balaban J connectivity index is 1.97. The number of hydrogen-bond donors (Lipinski definition) is 1. The van der Waals surface area contributed by atoms with Gasteiger partial charge in [0.15, 0.2) is 0 Å². The monoisotopic (exact) mass is 273 g/mol. The van der Waals surface area contributed by atoms with Crippen LogP contribution in [0.5, 0.6) is 5.75 Å². The third-order valence-electron chi connectivity index (χ3n) is 2.72. The Bertz CT molecular complexity index is 584. The van der Waals surface area contributed by atoms with Gasteiger partial charge in [-0.15, -0.1) is 0 Å². The molecule has 2 rings (SSSR count). The summed E-state index contributed by atoms with van der Waals surface area (Å²) >= 11 is 0. The van der Waals surface area contributed by atoms with Crippen LogP contribution >= 0.6 is 0 Å². The highest BCUT2D eigenvalue weighted by molar-refractivity contribution is 5.34. The molecule has 1 heterocycles. The first-order chi connectivity index (χ1) is 9.69. The molecule has 0 aliphatic rings. The zero-order valence-corrected chi connectivity index (χ0v) is 10.9. The van der Waals surface area contributed by atoms with Crippen LogP contribution in [0.2, 0.25) is 0 Å². The van der Waals surface area contributed by atoms with Crippen LogP contribution < -0.4 is 10.5 Å². The maximum Gasteiger partial charge on any atom is 0.269 e. The smallest absolute Gasteiger partial charge is 0.269 e. The van der Waals surface area contributed by atoms with E-state index in [0.29, 0.717) is 12.3 Å². The van der Waals surface area contributed by atoms with Gasteiger partial charge in [0.2, 0.25) is 0 Å². The van der Waals surface area contributed by atoms with Gasteiger partial charge in [0, 0.05) is 24.2 Å². The van der Waals surface area contributed by atoms with Gasteiger partial charge in [-0.1, -0.05) is 12.1 Å². The molecule has 0 radical (unpaired) electrons. The van der Waals surface area contributed by atoms with Crippen molar-refractivity contribution in [3.63, 3.8) is 0 Å². The predicted molar refractivity (Wildman–Crippen MR) is 74.4 cm³/mol. The maximum atomic E-state index is 10.7. The zero-order chi connectivity index (χ0) is 14.4. The quantitative estimate of drug-likeness (QED) is 0.642. The van der Waals surface area contributed by atoms with E-state index in [0.717, 1.165) is 17.7 Å². The lowest BCUT2D eigenvalue weighted by Gasteiger charge is -2.06. The van der Waals surface area contributed by atoms with Crippen molar-refractivity contribution in [1.29, 1.82) is 0 Å². The molecule has 0 amide bonds. The number of hydrogen-bond acceptors (Lipinski definition) is 5. The third-order valence-corrected chi connectivity index (χ3v) is 2.72. The Morgan fingerprint density at radius 2 is 2.15 bits per heavy atom. The molecule has 6 nitrogen and oxygen atoms in total. The Morgan fingerprint density at radius 3 is 2.80 bits per heavy atom. The SMILES string of the molecule is NCCc1ccc(OCc2cccc([N+](=O)[O-])c2)cn1. The first-order valence-electron chi connectivity index (χ1n) is 6.20. The van der Waals surface area contributed by atoms with Crippen LogP contribution in [0, 0.1) is 10.1 Å². The number of nitrogens with zero attached hydrogens (tertiary/aromatic N) is 2. The first-order valence-corrected chi connectivity index (χ1v) is 6.20. The van der Waals surface area contributed by atoms with E-state index >= 15 is 0 Å². The Hall–Kier alpha value is -2.47. The summed E-state index contributed by atoms with van der Waals surface area (Å²) in [6.07, 6.45) is 2.35. The van der Waals surface area contributed by atoms with Crippen LogP contribution in [0.25, 0.3) is 0 Å². The molecular weight excluding hydrogens is 258 g/mol. The highest BCUT2D eigenvalue weighted by atomic mass is 16.6. The number of nitrogens with two attached hydrogens (primary N) is 1. The van der Waals surface area contributed by atoms with Gasteiger partial charge in [-0.3, -0.25) is 15.1 Å². The molecule has 1 aromatic carbocycles. The summed E-state index contributed by atoms with van der Waals surface area (Å²) in [4.78, 5) is 14.5. The van der Waals surface area contributed by atoms with Gasteiger partial charge in [-0.25, -0.2) is 0 Å². The second-order valence-corrected chi connectivity index (χ2v) is 4.24. The molecule has 2 aromatic rings. The van der Waals surface area contributed by atoms with E-state index in [1.165, 1.54) is 12.1 Å². The van der Waals surface area contributed by atoms with Gasteiger partial charge >= 0.3 is 0 Å². The standard InChI is InChI=1S/C14H15N3O3/c15-7-6-12-4-5-14(9-16-12)20-10-11-2-1-3-13(8-11)17(18)19/h1-5,8-9H,6-7,10,15H2. The fourth-order valence-electron chi connectivity index (χ4n) is 1.72. The van der Waals surface area contributed by atoms with Crippen molar-refractivity contribution in [3.05, 3.63) is 64.0 Å². The van der Waals surface area contributed by atoms with Crippen molar-refractivity contribution >= 4 is 5.69 Å². The predicted octanol–water partition coefficient (Wildman–Crippen LogP) is 2.07. The van der Waals surface area contributed by atoms with Crippen LogP contribution in [0.15, 0.2) is 42.6 Å². The maximum absolute atomic E-state index is 10.7. The lowest BCUT2D eigenvalue weighted by molar-refractivity contribution is -0.384. The summed E-state index contributed by atoms with van der Waals surface area (Å²) in [5, 5.41) is 10.7. The number of rotatable bonds is 6. The van der Waals surface area contributed by atoms with Gasteiger partial charge in [-0.05, 0) is 24.2 Å². The Labute approximate surface area is 116 Å². The molecule has 104 valence electrons. The lowest BCUT2D eigenvalue weighted by atomic mass is 10.2. The van der Waals surface area contributed by atoms with Crippen molar-refractivity contribution in [2.45, 2.75) is 13.0 Å². The van der Waals surface area contributed by atoms with E-state index in [1.807, 2.05) is 12.1 Å². The van der Waals surface area contributed by atoms with Gasteiger partial charge < -0.3 is 10.5 Å². The number of ether oxygens (including phenoxy) is 1. The molecule has 2 N–H and O–H groups in total. The average molecular weight is 273 g/mol. The molecular formula is C14H15N3O3. The number of pyridine rings is 1. The molecule has 1 aromatic heterocycles. The number of aromatic nitrogens is 1. The van der Waals surface area contributed by atoms with Crippen LogP contribution in [0.4, 0.5) is 5.69 Å². The summed E-state index contributed by atoms with van der Waals surface area (Å²) in [6.45, 7) is 0.820. The highest BCUT2D eigenvalue weighted by Crippen LogP contribution is 2.16. The third kappa shape index (κ3) is 3.76. The van der Waals surface area contributed by atoms with E-state index in [2.05, 4.69) is 4.98 Å². The van der Waals surface area contributed by atoms with Crippen molar-refractivity contribution in [2.24, 2.45) is 5.73 Å². The van der Waals surface area contributed by atoms with E-state index < -0.39 is 4.92 Å². The van der Waals surface area contributed by atoms with E-state index in [-0.39, 0.29) is 12.3 Å². The summed E-state index contributed by atoms with van der Waals surface area (Å²) < 4.78 is 5.54. The molecule has 0 aliphatic heterocycles. The largest absolute Gasteiger partial charge is 0.487 e. The molecule has 20 heavy (non-hydrogen) atoms. The van der Waals surface area contributed by atoms with E-state index in [9.17, 15) is 10.1 Å². The summed E-state index contributed by atoms with van der Waals surface area (Å²) in [5.74, 6) is 0.622. The highest BCUT2D eigenvalue weighted by Gasteiger charge is 2.06. The van der Waals surface area contributed by atoms with Gasteiger partial charge in [-0.2, -0.15) is 0 Å². The molecule has 0 aliphatic carbocycles. The van der Waals surface area contributed by atoms with Gasteiger partial charge in [0.25, 0.3) is 5.69 Å². The second-order valence-electron chi connectivity index (χ2n) is 4.24. The molecule has 0 atom stereocenters. The Morgan fingerprint density at radius 1 is 1.30 bits per heavy atom. The number of benzene rings is 1. The molecule has 6 heteroatoms. The van der Waals surface area contributed by atoms with Crippen LogP contribution in [-0.2, 0) is 13.0 Å². The molecule has 0 saturated carbocycles. The summed E-state index contributed by atoms with van der Waals surface area (Å²) in [6, 6.07) is 10.0. The molecule has 0 unspecified atom stereocenters. The first kappa shape index (κ1) is 14.0. The minimum atomic E-state index is -0.424. The molecule has 0 saturated heterocycles. The van der Waals surface area contributed by atoms with Crippen LogP contribution in [0.3, 0.4) is 0 Å². The number of non-ortho nitro benzene ring substituents is 1. The van der Waals surface area contributed by atoms with Gasteiger partial charge in [0.05, 0.1) is 11.1 Å².